The molecule has 4 aromatic rings. The first-order chi connectivity index (χ1) is 15.5. The number of thioether (sulfide) groups is 1. The largest absolute Gasteiger partial charge is 0.485 e. The Bertz CT molecular complexity index is 1210. The molecule has 0 bridgehead atoms. The summed E-state index contributed by atoms with van der Waals surface area (Å²) in [6.45, 7) is 11.1. The van der Waals surface area contributed by atoms with Crippen LogP contribution in [-0.2, 0) is 18.9 Å². The second-order valence-corrected chi connectivity index (χ2v) is 9.38. The van der Waals surface area contributed by atoms with E-state index < -0.39 is 0 Å². The normalized spacial score (nSPS) is 11.0. The molecular formula is C25H26N4OS2. The van der Waals surface area contributed by atoms with Crippen molar-refractivity contribution < 1.29 is 4.74 Å². The molecule has 0 saturated carbocycles. The van der Waals surface area contributed by atoms with Gasteiger partial charge in [0.1, 0.15) is 17.4 Å². The minimum absolute atomic E-state index is 0.361. The van der Waals surface area contributed by atoms with Crippen LogP contribution in [0.4, 0.5) is 0 Å². The van der Waals surface area contributed by atoms with Gasteiger partial charge in [-0.3, -0.25) is 4.57 Å². The first-order valence-corrected chi connectivity index (χ1v) is 12.3. The van der Waals surface area contributed by atoms with Crippen molar-refractivity contribution in [1.29, 1.82) is 0 Å². The van der Waals surface area contributed by atoms with E-state index in [0.717, 1.165) is 44.3 Å². The summed E-state index contributed by atoms with van der Waals surface area (Å²) in [6.07, 6.45) is 1.85. The number of ether oxygens (including phenoxy) is 1. The molecule has 0 spiro atoms. The van der Waals surface area contributed by atoms with Crippen molar-refractivity contribution in [3.63, 3.8) is 0 Å². The van der Waals surface area contributed by atoms with E-state index in [0.29, 0.717) is 13.2 Å². The van der Waals surface area contributed by atoms with E-state index in [1.807, 2.05) is 18.2 Å². The number of nitrogens with zero attached hydrogens (tertiary/aromatic N) is 4. The highest BCUT2D eigenvalue weighted by atomic mass is 32.2. The number of hydrogen-bond donors (Lipinski definition) is 0. The Labute approximate surface area is 197 Å². The van der Waals surface area contributed by atoms with E-state index in [1.165, 1.54) is 11.1 Å². The van der Waals surface area contributed by atoms with Gasteiger partial charge in [-0.25, -0.2) is 4.98 Å². The summed E-state index contributed by atoms with van der Waals surface area (Å²) in [5.74, 6) is 2.39. The fourth-order valence-corrected chi connectivity index (χ4v) is 5.00. The highest BCUT2D eigenvalue weighted by molar-refractivity contribution is 7.98. The molecule has 7 heteroatoms. The lowest BCUT2D eigenvalue weighted by atomic mass is 10.1. The molecular weight excluding hydrogens is 436 g/mol. The molecule has 0 amide bonds. The summed E-state index contributed by atoms with van der Waals surface area (Å²) in [5, 5.41) is 12.8. The zero-order valence-electron chi connectivity index (χ0n) is 18.5. The van der Waals surface area contributed by atoms with Crippen molar-refractivity contribution in [3.05, 3.63) is 88.7 Å². The third-order valence-corrected chi connectivity index (χ3v) is 7.16. The predicted octanol–water partition coefficient (Wildman–Crippen LogP) is 6.38. The summed E-state index contributed by atoms with van der Waals surface area (Å²) >= 11 is 3.30. The molecule has 2 aromatic heterocycles. The van der Waals surface area contributed by atoms with Crippen LogP contribution in [0.5, 0.6) is 5.75 Å². The van der Waals surface area contributed by atoms with Gasteiger partial charge in [0, 0.05) is 23.2 Å². The molecule has 0 aliphatic heterocycles. The van der Waals surface area contributed by atoms with Crippen molar-refractivity contribution >= 4 is 23.1 Å². The molecule has 2 aromatic carbocycles. The molecule has 2 heterocycles. The van der Waals surface area contributed by atoms with Gasteiger partial charge < -0.3 is 4.74 Å². The minimum Gasteiger partial charge on any atom is -0.485 e. The third kappa shape index (κ3) is 5.11. The fraction of sp³-hybridized carbons (Fsp3) is 0.240. The third-order valence-electron chi connectivity index (χ3n) is 5.22. The summed E-state index contributed by atoms with van der Waals surface area (Å²) in [6, 6.07) is 14.5. The lowest BCUT2D eigenvalue weighted by Gasteiger charge is -2.11. The van der Waals surface area contributed by atoms with Gasteiger partial charge in [0.15, 0.2) is 11.0 Å². The molecule has 0 aliphatic carbocycles. The Morgan fingerprint density at radius 3 is 2.69 bits per heavy atom. The smallest absolute Gasteiger partial charge is 0.191 e. The van der Waals surface area contributed by atoms with E-state index in [1.54, 1.807) is 23.1 Å². The van der Waals surface area contributed by atoms with Crippen LogP contribution in [0.25, 0.3) is 10.6 Å². The van der Waals surface area contributed by atoms with E-state index >= 15 is 0 Å². The average molecular weight is 463 g/mol. The maximum absolute atomic E-state index is 6.05. The van der Waals surface area contributed by atoms with Crippen molar-refractivity contribution in [2.24, 2.45) is 0 Å². The van der Waals surface area contributed by atoms with E-state index in [4.69, 9.17) is 9.72 Å². The minimum atomic E-state index is 0.361. The molecule has 32 heavy (non-hydrogen) atoms. The number of rotatable bonds is 9. The van der Waals surface area contributed by atoms with Crippen molar-refractivity contribution in [2.75, 3.05) is 0 Å². The Morgan fingerprint density at radius 1 is 1.09 bits per heavy atom. The van der Waals surface area contributed by atoms with Gasteiger partial charge in [-0.15, -0.1) is 28.1 Å². The SMILES string of the molecule is C=CCn1c(COc2cccc(C)c2C)nnc1SCc1csc(-c2ccc(C)cc2)n1. The molecule has 0 atom stereocenters. The van der Waals surface area contributed by atoms with Crippen LogP contribution in [0.15, 0.2) is 65.7 Å². The Balaban J connectivity index is 1.44. The standard InChI is InChI=1S/C25H26N4OS2/c1-5-13-29-23(14-30-22-8-6-7-18(3)19(22)4)27-28-25(29)32-16-21-15-31-24(26-21)20-11-9-17(2)10-12-20/h5-12,15H,1,13-14,16H2,2-4H3. The molecule has 164 valence electrons. The number of aromatic nitrogens is 4. The topological polar surface area (TPSA) is 52.8 Å². The second kappa shape index (κ2) is 10.1. The van der Waals surface area contributed by atoms with Gasteiger partial charge in [0.2, 0.25) is 0 Å². The maximum atomic E-state index is 6.05. The molecule has 0 aliphatic rings. The van der Waals surface area contributed by atoms with Gasteiger partial charge in [0.05, 0.1) is 5.69 Å². The quantitative estimate of drug-likeness (QED) is 0.213. The summed E-state index contributed by atoms with van der Waals surface area (Å²) in [5.41, 5.74) is 5.79. The van der Waals surface area contributed by atoms with Gasteiger partial charge in [-0.05, 0) is 38.0 Å². The van der Waals surface area contributed by atoms with Crippen LogP contribution in [-0.4, -0.2) is 19.7 Å². The number of benzene rings is 2. The fourth-order valence-electron chi connectivity index (χ4n) is 3.21. The predicted molar refractivity (Wildman–Crippen MR) is 132 cm³/mol. The van der Waals surface area contributed by atoms with E-state index in [2.05, 4.69) is 77.8 Å². The average Bonchev–Trinajstić information content (AvgIpc) is 3.41. The van der Waals surface area contributed by atoms with E-state index in [-0.39, 0.29) is 0 Å². The van der Waals surface area contributed by atoms with E-state index in [9.17, 15) is 0 Å². The van der Waals surface area contributed by atoms with Crippen LogP contribution < -0.4 is 4.74 Å². The molecule has 0 N–H and O–H groups in total. The van der Waals surface area contributed by atoms with Crippen LogP contribution in [0.1, 0.15) is 28.2 Å². The van der Waals surface area contributed by atoms with Crippen molar-refractivity contribution in [1.82, 2.24) is 19.7 Å². The molecule has 0 unspecified atom stereocenters. The van der Waals surface area contributed by atoms with Crippen LogP contribution in [0, 0.1) is 20.8 Å². The molecule has 0 saturated heterocycles. The zero-order valence-corrected chi connectivity index (χ0v) is 20.2. The number of allylic oxidation sites excluding steroid dienone is 1. The van der Waals surface area contributed by atoms with Crippen LogP contribution >= 0.6 is 23.1 Å². The van der Waals surface area contributed by atoms with Gasteiger partial charge in [-0.1, -0.05) is 59.8 Å². The monoisotopic (exact) mass is 462 g/mol. The van der Waals surface area contributed by atoms with Gasteiger partial charge in [-0.2, -0.15) is 0 Å². The highest BCUT2D eigenvalue weighted by Crippen LogP contribution is 2.28. The summed E-state index contributed by atoms with van der Waals surface area (Å²) < 4.78 is 8.10. The first kappa shape index (κ1) is 22.3. The molecule has 5 nitrogen and oxygen atoms in total. The molecule has 0 radical (unpaired) electrons. The second-order valence-electron chi connectivity index (χ2n) is 7.58. The number of thiazole rings is 1. The van der Waals surface area contributed by atoms with Gasteiger partial charge >= 0.3 is 0 Å². The molecule has 0 fully saturated rings. The number of hydrogen-bond acceptors (Lipinski definition) is 6. The molecule has 4 rings (SSSR count). The highest BCUT2D eigenvalue weighted by Gasteiger charge is 2.14. The Hall–Kier alpha value is -2.90. The summed E-state index contributed by atoms with van der Waals surface area (Å²) in [7, 11) is 0. The Kier molecular flexibility index (Phi) is 7.07. The van der Waals surface area contributed by atoms with Crippen LogP contribution in [0.2, 0.25) is 0 Å². The number of aryl methyl sites for hydroxylation is 2. The first-order valence-electron chi connectivity index (χ1n) is 10.4. The summed E-state index contributed by atoms with van der Waals surface area (Å²) in [4.78, 5) is 4.80. The van der Waals surface area contributed by atoms with Gasteiger partial charge in [0.25, 0.3) is 0 Å². The Morgan fingerprint density at radius 2 is 1.91 bits per heavy atom. The van der Waals surface area contributed by atoms with Crippen molar-refractivity contribution in [2.45, 2.75) is 44.8 Å². The lowest BCUT2D eigenvalue weighted by Crippen LogP contribution is -2.08. The zero-order chi connectivity index (χ0) is 22.5. The van der Waals surface area contributed by atoms with Crippen molar-refractivity contribution in [3.8, 4) is 16.3 Å². The lowest BCUT2D eigenvalue weighted by molar-refractivity contribution is 0.287. The van der Waals surface area contributed by atoms with Crippen LogP contribution in [0.3, 0.4) is 0 Å². The maximum Gasteiger partial charge on any atom is 0.191 e.